The minimum atomic E-state index is -1.29. The third-order valence-electron chi connectivity index (χ3n) is 2.74. The highest BCUT2D eigenvalue weighted by Crippen LogP contribution is 2.14. The van der Waals surface area contributed by atoms with E-state index in [2.05, 4.69) is 5.32 Å². The monoisotopic (exact) mass is 254 g/mol. The van der Waals surface area contributed by atoms with Gasteiger partial charge in [0.15, 0.2) is 0 Å². The lowest BCUT2D eigenvalue weighted by molar-refractivity contribution is -0.123. The summed E-state index contributed by atoms with van der Waals surface area (Å²) in [5.74, 6) is -3.14. The van der Waals surface area contributed by atoms with Gasteiger partial charge in [0, 0.05) is 0 Å². The van der Waals surface area contributed by atoms with Crippen LogP contribution < -0.4 is 11.1 Å². The second-order valence-electron chi connectivity index (χ2n) is 3.97. The Labute approximate surface area is 103 Å². The van der Waals surface area contributed by atoms with E-state index in [4.69, 9.17) is 15.3 Å². The summed E-state index contributed by atoms with van der Waals surface area (Å²) in [7, 11) is 0. The number of carboxylic acid groups (broad SMARTS) is 1. The number of rotatable bonds is 5. The van der Waals surface area contributed by atoms with Crippen LogP contribution in [0, 0.1) is 0 Å². The SMILES string of the molecule is CCC(C)(NC(=O)c1occc1C(=O)O)C(N)=O. The molecule has 7 heteroatoms. The average molecular weight is 254 g/mol. The van der Waals surface area contributed by atoms with Crippen molar-refractivity contribution in [3.63, 3.8) is 0 Å². The maximum Gasteiger partial charge on any atom is 0.339 e. The fourth-order valence-corrected chi connectivity index (χ4v) is 1.29. The van der Waals surface area contributed by atoms with E-state index in [9.17, 15) is 14.4 Å². The highest BCUT2D eigenvalue weighted by atomic mass is 16.4. The first kappa shape index (κ1) is 13.8. The molecule has 1 unspecified atom stereocenters. The van der Waals surface area contributed by atoms with E-state index < -0.39 is 23.3 Å². The summed E-state index contributed by atoms with van der Waals surface area (Å²) < 4.78 is 4.81. The molecule has 98 valence electrons. The van der Waals surface area contributed by atoms with Gasteiger partial charge >= 0.3 is 5.97 Å². The van der Waals surface area contributed by atoms with E-state index in [0.717, 1.165) is 12.3 Å². The smallest absolute Gasteiger partial charge is 0.339 e. The number of carbonyl (C=O) groups excluding carboxylic acids is 2. The fourth-order valence-electron chi connectivity index (χ4n) is 1.29. The molecular weight excluding hydrogens is 240 g/mol. The molecule has 1 atom stereocenters. The topological polar surface area (TPSA) is 123 Å². The van der Waals surface area contributed by atoms with Crippen molar-refractivity contribution in [1.82, 2.24) is 5.32 Å². The Bertz CT molecular complexity index is 493. The maximum absolute atomic E-state index is 11.8. The van der Waals surface area contributed by atoms with E-state index in [0.29, 0.717) is 0 Å². The molecule has 0 aliphatic rings. The molecule has 18 heavy (non-hydrogen) atoms. The normalized spacial score (nSPS) is 13.7. The number of furan rings is 1. The first-order chi connectivity index (χ1) is 8.31. The molecule has 1 aromatic heterocycles. The Morgan fingerprint density at radius 1 is 1.50 bits per heavy atom. The molecule has 4 N–H and O–H groups in total. The molecule has 0 aliphatic carbocycles. The van der Waals surface area contributed by atoms with Crippen LogP contribution in [-0.4, -0.2) is 28.4 Å². The Morgan fingerprint density at radius 2 is 2.11 bits per heavy atom. The molecule has 0 spiro atoms. The van der Waals surface area contributed by atoms with Crippen molar-refractivity contribution in [1.29, 1.82) is 0 Å². The van der Waals surface area contributed by atoms with E-state index in [1.165, 1.54) is 6.92 Å². The molecule has 0 bridgehead atoms. The number of aromatic carboxylic acids is 1. The van der Waals surface area contributed by atoms with Crippen molar-refractivity contribution < 1.29 is 23.9 Å². The van der Waals surface area contributed by atoms with Gasteiger partial charge < -0.3 is 20.6 Å². The Morgan fingerprint density at radius 3 is 2.56 bits per heavy atom. The van der Waals surface area contributed by atoms with E-state index in [1.54, 1.807) is 6.92 Å². The second kappa shape index (κ2) is 4.91. The quantitative estimate of drug-likeness (QED) is 0.700. The molecule has 7 nitrogen and oxygen atoms in total. The van der Waals surface area contributed by atoms with Crippen LogP contribution >= 0.6 is 0 Å². The summed E-state index contributed by atoms with van der Waals surface area (Å²) >= 11 is 0. The lowest BCUT2D eigenvalue weighted by atomic mass is 9.98. The van der Waals surface area contributed by atoms with Crippen LogP contribution in [0.2, 0.25) is 0 Å². The molecule has 0 fully saturated rings. The number of hydrogen-bond donors (Lipinski definition) is 3. The number of nitrogens with one attached hydrogen (secondary N) is 1. The second-order valence-corrected chi connectivity index (χ2v) is 3.97. The largest absolute Gasteiger partial charge is 0.478 e. The molecule has 1 rings (SSSR count). The van der Waals surface area contributed by atoms with Gasteiger partial charge in [-0.2, -0.15) is 0 Å². The Balaban J connectivity index is 2.99. The van der Waals surface area contributed by atoms with Crippen molar-refractivity contribution >= 4 is 17.8 Å². The van der Waals surface area contributed by atoms with Crippen molar-refractivity contribution in [2.24, 2.45) is 5.73 Å². The van der Waals surface area contributed by atoms with Crippen molar-refractivity contribution in [3.8, 4) is 0 Å². The maximum atomic E-state index is 11.8. The highest BCUT2D eigenvalue weighted by molar-refractivity contribution is 6.04. The van der Waals surface area contributed by atoms with Gasteiger partial charge in [-0.05, 0) is 19.4 Å². The van der Waals surface area contributed by atoms with Gasteiger partial charge in [-0.3, -0.25) is 9.59 Å². The van der Waals surface area contributed by atoms with E-state index in [-0.39, 0.29) is 17.7 Å². The number of hydrogen-bond acceptors (Lipinski definition) is 4. The Hall–Kier alpha value is -2.31. The van der Waals surface area contributed by atoms with Gasteiger partial charge in [-0.15, -0.1) is 0 Å². The van der Waals surface area contributed by atoms with Gasteiger partial charge in [0.1, 0.15) is 11.1 Å². The summed E-state index contributed by atoms with van der Waals surface area (Å²) in [6.07, 6.45) is 1.36. The molecule has 0 radical (unpaired) electrons. The first-order valence-electron chi connectivity index (χ1n) is 5.25. The van der Waals surface area contributed by atoms with Crippen LogP contribution in [0.5, 0.6) is 0 Å². The lowest BCUT2D eigenvalue weighted by Gasteiger charge is -2.25. The van der Waals surface area contributed by atoms with Crippen LogP contribution in [0.4, 0.5) is 0 Å². The number of carboxylic acids is 1. The molecule has 0 saturated heterocycles. The number of nitrogens with two attached hydrogens (primary N) is 1. The van der Waals surface area contributed by atoms with E-state index >= 15 is 0 Å². The molecule has 1 aromatic rings. The van der Waals surface area contributed by atoms with Crippen LogP contribution in [0.3, 0.4) is 0 Å². The summed E-state index contributed by atoms with van der Waals surface area (Å²) in [5.41, 5.74) is 3.66. The zero-order chi connectivity index (χ0) is 13.9. The summed E-state index contributed by atoms with van der Waals surface area (Å²) in [4.78, 5) is 33.9. The van der Waals surface area contributed by atoms with Gasteiger partial charge in [0.2, 0.25) is 11.7 Å². The zero-order valence-corrected chi connectivity index (χ0v) is 10.0. The number of amides is 2. The summed E-state index contributed by atoms with van der Waals surface area (Å²) in [5, 5.41) is 11.2. The third kappa shape index (κ3) is 2.50. The van der Waals surface area contributed by atoms with Crippen LogP contribution in [0.25, 0.3) is 0 Å². The average Bonchev–Trinajstić information content (AvgIpc) is 2.77. The third-order valence-corrected chi connectivity index (χ3v) is 2.74. The molecule has 1 heterocycles. The van der Waals surface area contributed by atoms with Crippen molar-refractivity contribution in [3.05, 3.63) is 23.7 Å². The van der Waals surface area contributed by atoms with Gasteiger partial charge in [0.05, 0.1) is 6.26 Å². The predicted octanol–water partition coefficient (Wildman–Crippen LogP) is 0.362. The first-order valence-corrected chi connectivity index (χ1v) is 5.25. The predicted molar refractivity (Wildman–Crippen MR) is 61.0 cm³/mol. The number of carbonyl (C=O) groups is 3. The zero-order valence-electron chi connectivity index (χ0n) is 10.0. The minimum absolute atomic E-state index is 0.268. The van der Waals surface area contributed by atoms with E-state index in [1.807, 2.05) is 0 Å². The molecule has 0 saturated carbocycles. The van der Waals surface area contributed by atoms with Gasteiger partial charge in [-0.1, -0.05) is 6.92 Å². The molecule has 2 amide bonds. The van der Waals surface area contributed by atoms with Crippen molar-refractivity contribution in [2.75, 3.05) is 0 Å². The summed E-state index contributed by atoms with van der Waals surface area (Å²) in [6.45, 7) is 3.13. The highest BCUT2D eigenvalue weighted by Gasteiger charge is 2.33. The van der Waals surface area contributed by atoms with Crippen LogP contribution in [0.15, 0.2) is 16.7 Å². The minimum Gasteiger partial charge on any atom is -0.478 e. The standard InChI is InChI=1S/C11H14N2O5/c1-3-11(2,10(12)17)13-8(14)7-6(9(15)16)4-5-18-7/h4-5H,3H2,1-2H3,(H2,12,17)(H,13,14)(H,15,16). The molecule has 0 aliphatic heterocycles. The van der Waals surface area contributed by atoms with Gasteiger partial charge in [-0.25, -0.2) is 4.79 Å². The molecule has 0 aromatic carbocycles. The summed E-state index contributed by atoms with van der Waals surface area (Å²) in [6, 6.07) is 1.16. The number of primary amides is 1. The van der Waals surface area contributed by atoms with Crippen LogP contribution in [-0.2, 0) is 4.79 Å². The Kier molecular flexibility index (Phi) is 3.75. The van der Waals surface area contributed by atoms with Crippen LogP contribution in [0.1, 0.15) is 41.2 Å². The van der Waals surface area contributed by atoms with Gasteiger partial charge in [0.25, 0.3) is 5.91 Å². The van der Waals surface area contributed by atoms with Crippen molar-refractivity contribution in [2.45, 2.75) is 25.8 Å². The lowest BCUT2D eigenvalue weighted by Crippen LogP contribution is -2.55. The molecular formula is C11H14N2O5. The fraction of sp³-hybridized carbons (Fsp3) is 0.364.